The lowest BCUT2D eigenvalue weighted by atomic mass is 9.94. The molecule has 1 amide bonds. The van der Waals surface area contributed by atoms with E-state index in [-0.39, 0.29) is 17.9 Å². The maximum Gasteiger partial charge on any atom is 0.338 e. The molecule has 1 aliphatic carbocycles. The van der Waals surface area contributed by atoms with E-state index in [9.17, 15) is 9.59 Å². The van der Waals surface area contributed by atoms with Crippen molar-refractivity contribution in [1.29, 1.82) is 0 Å². The number of ether oxygens (including phenoxy) is 1. The number of rotatable bonds is 6. The molecule has 0 radical (unpaired) electrons. The van der Waals surface area contributed by atoms with Gasteiger partial charge in [-0.2, -0.15) is 0 Å². The molecule has 2 aliphatic rings. The third-order valence-corrected chi connectivity index (χ3v) is 7.07. The Morgan fingerprint density at radius 2 is 1.82 bits per heavy atom. The smallest absolute Gasteiger partial charge is 0.338 e. The lowest BCUT2D eigenvalue weighted by molar-refractivity contribution is -0.124. The van der Waals surface area contributed by atoms with Gasteiger partial charge in [-0.3, -0.25) is 9.69 Å². The Balaban J connectivity index is 1.65. The molecular weight excluding hydrogens is 432 g/mol. The van der Waals surface area contributed by atoms with Crippen molar-refractivity contribution in [1.82, 2.24) is 4.90 Å². The molecule has 2 aromatic carbocycles. The Labute approximate surface area is 199 Å². The third kappa shape index (κ3) is 5.38. The highest BCUT2D eigenvalue weighted by Gasteiger charge is 2.38. The van der Waals surface area contributed by atoms with Gasteiger partial charge in [-0.1, -0.05) is 56.5 Å². The first-order chi connectivity index (χ1) is 16.1. The summed E-state index contributed by atoms with van der Waals surface area (Å²) in [5.74, 6) is -0.315. The fourth-order valence-corrected chi connectivity index (χ4v) is 5.38. The van der Waals surface area contributed by atoms with Gasteiger partial charge in [0.25, 0.3) is 5.91 Å². The van der Waals surface area contributed by atoms with Crippen molar-refractivity contribution in [2.45, 2.75) is 58.4 Å². The highest BCUT2D eigenvalue weighted by Crippen LogP contribution is 2.39. The van der Waals surface area contributed by atoms with Crippen LogP contribution in [0.4, 0.5) is 5.69 Å². The molecule has 33 heavy (non-hydrogen) atoms. The van der Waals surface area contributed by atoms with Crippen LogP contribution in [0.25, 0.3) is 6.08 Å². The molecule has 1 heterocycles. The lowest BCUT2D eigenvalue weighted by Crippen LogP contribution is -2.40. The van der Waals surface area contributed by atoms with E-state index >= 15 is 0 Å². The number of hydrogen-bond acceptors (Lipinski definition) is 5. The zero-order chi connectivity index (χ0) is 23.2. The van der Waals surface area contributed by atoms with Crippen LogP contribution in [0.15, 0.2) is 58.4 Å². The summed E-state index contributed by atoms with van der Waals surface area (Å²) in [5, 5.41) is 0.766. The molecule has 2 aromatic rings. The predicted molar refractivity (Wildman–Crippen MR) is 135 cm³/mol. The van der Waals surface area contributed by atoms with Crippen LogP contribution in [-0.4, -0.2) is 34.6 Å². The molecule has 1 saturated heterocycles. The van der Waals surface area contributed by atoms with Crippen LogP contribution in [-0.2, 0) is 16.0 Å². The average Bonchev–Trinajstić information content (AvgIpc) is 3.15. The van der Waals surface area contributed by atoms with Gasteiger partial charge in [0.05, 0.1) is 22.8 Å². The van der Waals surface area contributed by atoms with Gasteiger partial charge in [0.15, 0.2) is 5.17 Å². The summed E-state index contributed by atoms with van der Waals surface area (Å²) in [7, 11) is 0. The Morgan fingerprint density at radius 1 is 1.09 bits per heavy atom. The Morgan fingerprint density at radius 3 is 2.52 bits per heavy atom. The number of benzene rings is 2. The molecule has 1 aliphatic heterocycles. The van der Waals surface area contributed by atoms with Crippen LogP contribution >= 0.6 is 11.8 Å². The van der Waals surface area contributed by atoms with Crippen molar-refractivity contribution < 1.29 is 14.3 Å². The molecule has 5 nitrogen and oxygen atoms in total. The minimum Gasteiger partial charge on any atom is -0.462 e. The largest absolute Gasteiger partial charge is 0.462 e. The van der Waals surface area contributed by atoms with Gasteiger partial charge in [-0.15, -0.1) is 0 Å². The van der Waals surface area contributed by atoms with Crippen molar-refractivity contribution in [3.05, 3.63) is 70.1 Å². The molecule has 0 N–H and O–H groups in total. The summed E-state index contributed by atoms with van der Waals surface area (Å²) >= 11 is 1.44. The summed E-state index contributed by atoms with van der Waals surface area (Å²) in [6.07, 6.45) is 8.34. The van der Waals surface area contributed by atoms with Gasteiger partial charge in [-0.25, -0.2) is 9.79 Å². The number of amides is 1. The van der Waals surface area contributed by atoms with Crippen molar-refractivity contribution in [2.24, 2.45) is 4.99 Å². The number of amidine groups is 1. The van der Waals surface area contributed by atoms with Crippen molar-refractivity contribution in [3.8, 4) is 0 Å². The van der Waals surface area contributed by atoms with Crippen molar-refractivity contribution >= 4 is 40.6 Å². The molecule has 0 spiro atoms. The number of thioether (sulfide) groups is 1. The zero-order valence-corrected chi connectivity index (χ0v) is 20.1. The third-order valence-electron chi connectivity index (χ3n) is 6.08. The number of esters is 1. The predicted octanol–water partition coefficient (Wildman–Crippen LogP) is 6.36. The minimum atomic E-state index is -0.337. The number of carbonyl (C=O) groups excluding carboxylic acids is 2. The standard InChI is InChI=1S/C27H30N2O3S/c1-3-20-10-8-9-13-23(20)28-27-29(22-11-6-5-7-12-22)25(30)24(33-27)18-19-14-16-21(17-15-19)26(31)32-4-2/h8-10,13-18,22H,3-7,11-12H2,1-2H3/b24-18+,28-27?. The van der Waals surface area contributed by atoms with Crippen molar-refractivity contribution in [3.63, 3.8) is 0 Å². The van der Waals surface area contributed by atoms with Crippen LogP contribution in [0.1, 0.15) is 67.4 Å². The molecule has 0 atom stereocenters. The average molecular weight is 463 g/mol. The van der Waals surface area contributed by atoms with E-state index in [0.717, 1.165) is 48.5 Å². The number of para-hydroxylation sites is 1. The first kappa shape index (κ1) is 23.3. The summed E-state index contributed by atoms with van der Waals surface area (Å²) in [5.41, 5.74) is 3.48. The van der Waals surface area contributed by atoms with E-state index in [4.69, 9.17) is 9.73 Å². The molecule has 172 valence electrons. The molecule has 0 unspecified atom stereocenters. The molecular formula is C27H30N2O3S. The SMILES string of the molecule is CCOC(=O)c1ccc(/C=C2/SC(=Nc3ccccc3CC)N(C3CCCCC3)C2=O)cc1. The van der Waals surface area contributed by atoms with Crippen LogP contribution in [0.3, 0.4) is 0 Å². The van der Waals surface area contributed by atoms with Crippen LogP contribution in [0.5, 0.6) is 0 Å². The van der Waals surface area contributed by atoms with E-state index in [0.29, 0.717) is 17.1 Å². The van der Waals surface area contributed by atoms with Gasteiger partial charge in [-0.05, 0) is 73.4 Å². The number of carbonyl (C=O) groups is 2. The molecule has 0 aromatic heterocycles. The highest BCUT2D eigenvalue weighted by atomic mass is 32.2. The first-order valence-corrected chi connectivity index (χ1v) is 12.6. The molecule has 6 heteroatoms. The monoisotopic (exact) mass is 462 g/mol. The molecule has 1 saturated carbocycles. The van der Waals surface area contributed by atoms with Gasteiger partial charge >= 0.3 is 5.97 Å². The first-order valence-electron chi connectivity index (χ1n) is 11.8. The summed E-state index contributed by atoms with van der Waals surface area (Å²) < 4.78 is 5.05. The zero-order valence-electron chi connectivity index (χ0n) is 19.3. The molecule has 0 bridgehead atoms. The topological polar surface area (TPSA) is 59.0 Å². The van der Waals surface area contributed by atoms with E-state index in [1.807, 2.05) is 41.3 Å². The van der Waals surface area contributed by atoms with E-state index < -0.39 is 0 Å². The fourth-order valence-electron chi connectivity index (χ4n) is 4.33. The summed E-state index contributed by atoms with van der Waals surface area (Å²) in [6, 6.07) is 15.5. The maximum absolute atomic E-state index is 13.5. The van der Waals surface area contributed by atoms with Crippen LogP contribution < -0.4 is 0 Å². The Hall–Kier alpha value is -2.86. The number of nitrogens with zero attached hydrogens (tertiary/aromatic N) is 2. The second kappa shape index (κ2) is 10.8. The second-order valence-corrected chi connectivity index (χ2v) is 9.31. The van der Waals surface area contributed by atoms with Gasteiger partial charge in [0.1, 0.15) is 0 Å². The number of aryl methyl sites for hydroxylation is 1. The summed E-state index contributed by atoms with van der Waals surface area (Å²) in [6.45, 7) is 4.25. The second-order valence-electron chi connectivity index (χ2n) is 8.30. The van der Waals surface area contributed by atoms with E-state index in [1.165, 1.54) is 23.7 Å². The van der Waals surface area contributed by atoms with E-state index in [2.05, 4.69) is 13.0 Å². The summed E-state index contributed by atoms with van der Waals surface area (Å²) in [4.78, 5) is 33.0. The molecule has 2 fully saturated rings. The Bertz CT molecular complexity index is 1070. The quantitative estimate of drug-likeness (QED) is 0.370. The lowest BCUT2D eigenvalue weighted by Gasteiger charge is -2.30. The number of aliphatic imine (C=N–C) groups is 1. The number of hydrogen-bond donors (Lipinski definition) is 0. The van der Waals surface area contributed by atoms with Gasteiger partial charge < -0.3 is 4.74 Å². The highest BCUT2D eigenvalue weighted by molar-refractivity contribution is 8.18. The van der Waals surface area contributed by atoms with Gasteiger partial charge in [0.2, 0.25) is 0 Å². The fraction of sp³-hybridized carbons (Fsp3) is 0.370. The maximum atomic E-state index is 13.5. The van der Waals surface area contributed by atoms with Crippen LogP contribution in [0.2, 0.25) is 0 Å². The van der Waals surface area contributed by atoms with Crippen molar-refractivity contribution in [2.75, 3.05) is 6.61 Å². The molecule has 4 rings (SSSR count). The van der Waals surface area contributed by atoms with E-state index in [1.54, 1.807) is 19.1 Å². The normalized spacial score (nSPS) is 19.5. The Kier molecular flexibility index (Phi) is 7.65. The minimum absolute atomic E-state index is 0.0223. The van der Waals surface area contributed by atoms with Gasteiger partial charge in [0, 0.05) is 6.04 Å². The van der Waals surface area contributed by atoms with Crippen LogP contribution in [0, 0.1) is 0 Å².